The number of likely N-dealkylation sites (N-methyl/N-ethyl adjacent to an activating group) is 1. The second kappa shape index (κ2) is 9.97. The Balaban J connectivity index is 2.52. The van der Waals surface area contributed by atoms with E-state index in [4.69, 9.17) is 4.74 Å². The average Bonchev–Trinajstić information content (AvgIpc) is 2.49. The van der Waals surface area contributed by atoms with Crippen molar-refractivity contribution in [3.8, 4) is 0 Å². The van der Waals surface area contributed by atoms with E-state index in [9.17, 15) is 0 Å². The Kier molecular flexibility index (Phi) is 8.63. The molecule has 0 aliphatic heterocycles. The van der Waals surface area contributed by atoms with Gasteiger partial charge in [0.15, 0.2) is 0 Å². The van der Waals surface area contributed by atoms with E-state index < -0.39 is 0 Å². The van der Waals surface area contributed by atoms with Gasteiger partial charge in [-0.15, -0.1) is 0 Å². The third-order valence-corrected chi connectivity index (χ3v) is 4.34. The van der Waals surface area contributed by atoms with Gasteiger partial charge in [0.1, 0.15) is 0 Å². The van der Waals surface area contributed by atoms with Crippen molar-refractivity contribution in [3.63, 3.8) is 0 Å². The maximum atomic E-state index is 6.02. The number of ether oxygens (including phenoxy) is 1. The lowest BCUT2D eigenvalue weighted by atomic mass is 9.99. The van der Waals surface area contributed by atoms with Gasteiger partial charge in [0.2, 0.25) is 0 Å². The molecule has 2 heteroatoms. The first kappa shape index (κ1) is 18.2. The van der Waals surface area contributed by atoms with Crippen molar-refractivity contribution in [1.29, 1.82) is 0 Å². The predicted molar refractivity (Wildman–Crippen MR) is 91.8 cm³/mol. The molecular formula is C19H33NO. The number of benzene rings is 1. The number of unbranched alkanes of at least 4 members (excludes halogenated alkanes) is 1. The molecule has 2 nitrogen and oxygen atoms in total. The second-order valence-electron chi connectivity index (χ2n) is 6.16. The highest BCUT2D eigenvalue weighted by Gasteiger charge is 2.13. The first-order valence-corrected chi connectivity index (χ1v) is 8.44. The number of rotatable bonds is 10. The summed E-state index contributed by atoms with van der Waals surface area (Å²) < 4.78 is 6.02. The van der Waals surface area contributed by atoms with Gasteiger partial charge in [-0.25, -0.2) is 0 Å². The quantitative estimate of drug-likeness (QED) is 0.669. The van der Waals surface area contributed by atoms with E-state index >= 15 is 0 Å². The van der Waals surface area contributed by atoms with Gasteiger partial charge in [-0.05, 0) is 44.4 Å². The fourth-order valence-corrected chi connectivity index (χ4v) is 2.71. The smallest absolute Gasteiger partial charge is 0.0661 e. The van der Waals surface area contributed by atoms with Crippen LogP contribution < -0.4 is 5.32 Å². The zero-order valence-corrected chi connectivity index (χ0v) is 14.5. The summed E-state index contributed by atoms with van der Waals surface area (Å²) in [5, 5.41) is 3.40. The van der Waals surface area contributed by atoms with E-state index in [0.717, 1.165) is 13.2 Å². The summed E-state index contributed by atoms with van der Waals surface area (Å²) in [6.07, 6.45) is 5.10. The molecular weight excluding hydrogens is 258 g/mol. The molecule has 120 valence electrons. The summed E-state index contributed by atoms with van der Waals surface area (Å²) in [6, 6.07) is 6.93. The molecule has 0 bridgehead atoms. The molecule has 1 aromatic rings. The summed E-state index contributed by atoms with van der Waals surface area (Å²) in [5.41, 5.74) is 4.01. The van der Waals surface area contributed by atoms with Gasteiger partial charge in [-0.1, -0.05) is 56.9 Å². The molecule has 0 heterocycles. The Labute approximate surface area is 131 Å². The Morgan fingerprint density at radius 1 is 1.14 bits per heavy atom. The van der Waals surface area contributed by atoms with E-state index in [2.05, 4.69) is 51.2 Å². The third-order valence-electron chi connectivity index (χ3n) is 4.34. The number of hydrogen-bond donors (Lipinski definition) is 1. The maximum Gasteiger partial charge on any atom is 0.0661 e. The van der Waals surface area contributed by atoms with Crippen molar-refractivity contribution in [3.05, 3.63) is 34.9 Å². The third kappa shape index (κ3) is 6.19. The normalized spacial score (nSPS) is 14.1. The number of aryl methyl sites for hydroxylation is 2. The van der Waals surface area contributed by atoms with Gasteiger partial charge in [0.25, 0.3) is 0 Å². The molecule has 0 fully saturated rings. The Hall–Kier alpha value is -0.860. The van der Waals surface area contributed by atoms with Crippen LogP contribution in [-0.2, 0) is 4.74 Å². The first-order valence-electron chi connectivity index (χ1n) is 8.44. The Morgan fingerprint density at radius 2 is 1.90 bits per heavy atom. The van der Waals surface area contributed by atoms with Crippen molar-refractivity contribution in [2.45, 2.75) is 59.4 Å². The summed E-state index contributed by atoms with van der Waals surface area (Å²) >= 11 is 0. The van der Waals surface area contributed by atoms with Crippen LogP contribution in [0.25, 0.3) is 0 Å². The largest absolute Gasteiger partial charge is 0.379 e. The van der Waals surface area contributed by atoms with Crippen LogP contribution in [0.5, 0.6) is 0 Å². The van der Waals surface area contributed by atoms with Crippen molar-refractivity contribution < 1.29 is 4.74 Å². The minimum Gasteiger partial charge on any atom is -0.379 e. The van der Waals surface area contributed by atoms with Crippen LogP contribution in [0, 0.1) is 19.8 Å². The molecule has 0 saturated carbocycles. The van der Waals surface area contributed by atoms with Crippen molar-refractivity contribution in [2.75, 3.05) is 20.3 Å². The summed E-state index contributed by atoms with van der Waals surface area (Å²) in [6.45, 7) is 10.5. The highest BCUT2D eigenvalue weighted by Crippen LogP contribution is 2.20. The molecule has 2 unspecified atom stereocenters. The van der Waals surface area contributed by atoms with Gasteiger partial charge in [-0.3, -0.25) is 0 Å². The van der Waals surface area contributed by atoms with Gasteiger partial charge in [-0.2, -0.15) is 0 Å². The van der Waals surface area contributed by atoms with E-state index in [1.54, 1.807) is 0 Å². The van der Waals surface area contributed by atoms with Crippen molar-refractivity contribution in [1.82, 2.24) is 5.32 Å². The molecule has 0 aliphatic rings. The second-order valence-corrected chi connectivity index (χ2v) is 6.16. The molecule has 0 radical (unpaired) electrons. The summed E-state index contributed by atoms with van der Waals surface area (Å²) in [4.78, 5) is 0. The summed E-state index contributed by atoms with van der Waals surface area (Å²) in [5.74, 6) is 0.709. The molecule has 0 spiro atoms. The SMILES string of the molecule is CCCCC(CC)COCC(NC)c1cc(C)ccc1C. The van der Waals surface area contributed by atoms with Crippen LogP contribution in [0.3, 0.4) is 0 Å². The Bertz CT molecular complexity index is 403. The van der Waals surface area contributed by atoms with Crippen LogP contribution in [0.15, 0.2) is 18.2 Å². The van der Waals surface area contributed by atoms with Crippen molar-refractivity contribution >= 4 is 0 Å². The minimum atomic E-state index is 0.286. The molecule has 0 amide bonds. The molecule has 1 rings (SSSR count). The lowest BCUT2D eigenvalue weighted by Gasteiger charge is -2.21. The van der Waals surface area contributed by atoms with Crippen LogP contribution in [0.4, 0.5) is 0 Å². The zero-order chi connectivity index (χ0) is 15.7. The highest BCUT2D eigenvalue weighted by atomic mass is 16.5. The minimum absolute atomic E-state index is 0.286. The van der Waals surface area contributed by atoms with Crippen LogP contribution in [0.1, 0.15) is 62.3 Å². The van der Waals surface area contributed by atoms with E-state index in [-0.39, 0.29) is 6.04 Å². The van der Waals surface area contributed by atoms with Crippen LogP contribution >= 0.6 is 0 Å². The lowest BCUT2D eigenvalue weighted by Crippen LogP contribution is -2.24. The van der Waals surface area contributed by atoms with Gasteiger partial charge in [0.05, 0.1) is 12.6 Å². The van der Waals surface area contributed by atoms with Gasteiger partial charge >= 0.3 is 0 Å². The lowest BCUT2D eigenvalue weighted by molar-refractivity contribution is 0.0780. The maximum absolute atomic E-state index is 6.02. The van der Waals surface area contributed by atoms with Gasteiger partial charge in [0, 0.05) is 6.61 Å². The average molecular weight is 291 g/mol. The van der Waals surface area contributed by atoms with E-state index in [1.807, 2.05) is 7.05 Å². The first-order chi connectivity index (χ1) is 10.1. The highest BCUT2D eigenvalue weighted by molar-refractivity contribution is 5.33. The Morgan fingerprint density at radius 3 is 2.52 bits per heavy atom. The van der Waals surface area contributed by atoms with Crippen molar-refractivity contribution in [2.24, 2.45) is 5.92 Å². The van der Waals surface area contributed by atoms with E-state index in [1.165, 1.54) is 42.4 Å². The molecule has 0 aromatic heterocycles. The summed E-state index contributed by atoms with van der Waals surface area (Å²) in [7, 11) is 2.02. The molecule has 21 heavy (non-hydrogen) atoms. The monoisotopic (exact) mass is 291 g/mol. The molecule has 1 N–H and O–H groups in total. The zero-order valence-electron chi connectivity index (χ0n) is 14.5. The molecule has 0 aliphatic carbocycles. The molecule has 2 atom stereocenters. The topological polar surface area (TPSA) is 21.3 Å². The van der Waals surface area contributed by atoms with Crippen LogP contribution in [0.2, 0.25) is 0 Å². The van der Waals surface area contributed by atoms with Crippen LogP contribution in [-0.4, -0.2) is 20.3 Å². The fourth-order valence-electron chi connectivity index (χ4n) is 2.71. The standard InChI is InChI=1S/C19H33NO/c1-6-8-9-17(7-2)13-21-14-19(20-5)18-12-15(3)10-11-16(18)4/h10-12,17,19-20H,6-9,13-14H2,1-5H3. The predicted octanol–water partition coefficient (Wildman–Crippen LogP) is 4.80. The fraction of sp³-hybridized carbons (Fsp3) is 0.684. The van der Waals surface area contributed by atoms with E-state index in [0.29, 0.717) is 5.92 Å². The number of nitrogens with one attached hydrogen (secondary N) is 1. The number of hydrogen-bond acceptors (Lipinski definition) is 2. The molecule has 0 saturated heterocycles. The molecule has 1 aromatic carbocycles. The van der Waals surface area contributed by atoms with Gasteiger partial charge < -0.3 is 10.1 Å².